The van der Waals surface area contributed by atoms with Crippen molar-refractivity contribution >= 4 is 17.1 Å². The van der Waals surface area contributed by atoms with Gasteiger partial charge in [0.15, 0.2) is 11.2 Å². The van der Waals surface area contributed by atoms with Crippen LogP contribution in [0.15, 0.2) is 39.9 Å². The van der Waals surface area contributed by atoms with Gasteiger partial charge in [-0.2, -0.15) is 4.98 Å². The number of hydrogen-bond acceptors (Lipinski definition) is 7. The summed E-state index contributed by atoms with van der Waals surface area (Å²) in [5.74, 6) is 1.05. The first kappa shape index (κ1) is 20.6. The Balaban J connectivity index is 1.87. The van der Waals surface area contributed by atoms with Gasteiger partial charge in [0, 0.05) is 20.1 Å². The van der Waals surface area contributed by atoms with E-state index < -0.39 is 17.4 Å². The van der Waals surface area contributed by atoms with Gasteiger partial charge in [-0.1, -0.05) is 18.2 Å². The Labute approximate surface area is 167 Å². The second-order valence-corrected chi connectivity index (χ2v) is 7.04. The minimum Gasteiger partial charge on any atom is -0.491 e. The fraction of sp³-hybridized carbons (Fsp3) is 0.421. The maximum Gasteiger partial charge on any atom is 0.329 e. The van der Waals surface area contributed by atoms with Gasteiger partial charge in [-0.15, -0.1) is 0 Å². The van der Waals surface area contributed by atoms with Crippen molar-refractivity contribution in [3.8, 4) is 5.75 Å². The fourth-order valence-corrected chi connectivity index (χ4v) is 2.91. The molecule has 2 aromatic heterocycles. The number of imidazole rings is 1. The van der Waals surface area contributed by atoms with Crippen LogP contribution in [0.4, 0.5) is 5.95 Å². The maximum atomic E-state index is 12.5. The van der Waals surface area contributed by atoms with Crippen molar-refractivity contribution in [1.29, 1.82) is 0 Å². The summed E-state index contributed by atoms with van der Waals surface area (Å²) in [6.45, 7) is 1.45. The number of aromatic amines is 1. The van der Waals surface area contributed by atoms with Crippen molar-refractivity contribution in [1.82, 2.24) is 24.0 Å². The third-order valence-corrected chi connectivity index (χ3v) is 4.43. The molecule has 3 rings (SSSR count). The molecule has 3 N–H and O–H groups in total. The third-order valence-electron chi connectivity index (χ3n) is 4.43. The Morgan fingerprint density at radius 3 is 2.69 bits per heavy atom. The lowest BCUT2D eigenvalue weighted by Gasteiger charge is -2.16. The summed E-state index contributed by atoms with van der Waals surface area (Å²) in [6, 6.07) is 9.17. The zero-order valence-electron chi connectivity index (χ0n) is 16.8. The van der Waals surface area contributed by atoms with E-state index in [4.69, 9.17) is 4.74 Å². The molecule has 0 saturated carbocycles. The number of aryl methyl sites for hydroxylation is 1. The Kier molecular flexibility index (Phi) is 6.35. The number of ether oxygens (including phenoxy) is 1. The van der Waals surface area contributed by atoms with Gasteiger partial charge in [0.1, 0.15) is 18.5 Å². The summed E-state index contributed by atoms with van der Waals surface area (Å²) in [5, 5.41) is 13.7. The standard InChI is InChI=1S/C19H26N6O4/c1-23(2)10-9-20-18-21-16-15(17(27)22-19(28)24(16)3)25(18)11-13(26)12-29-14-7-5-4-6-8-14/h4-8,13,26H,9-12H2,1-3H3,(H,20,21)(H,22,27,28)/t13-/m0/s1. The molecule has 3 aromatic rings. The van der Waals surface area contributed by atoms with Gasteiger partial charge in [0.25, 0.3) is 5.56 Å². The minimum atomic E-state index is -0.890. The second kappa shape index (κ2) is 8.93. The quantitative estimate of drug-likeness (QED) is 0.455. The highest BCUT2D eigenvalue weighted by molar-refractivity contribution is 5.74. The Morgan fingerprint density at radius 2 is 2.00 bits per heavy atom. The van der Waals surface area contributed by atoms with Crippen molar-refractivity contribution in [2.75, 3.05) is 39.1 Å². The summed E-state index contributed by atoms with van der Waals surface area (Å²) in [7, 11) is 5.43. The number of benzene rings is 1. The van der Waals surface area contributed by atoms with E-state index in [1.807, 2.05) is 37.2 Å². The number of para-hydroxylation sites is 1. The lowest BCUT2D eigenvalue weighted by atomic mass is 10.3. The number of fused-ring (bicyclic) bond motifs is 1. The number of likely N-dealkylation sites (N-methyl/N-ethyl adjacent to an activating group) is 1. The third kappa shape index (κ3) is 4.84. The molecule has 0 aliphatic carbocycles. The van der Waals surface area contributed by atoms with Gasteiger partial charge in [0.2, 0.25) is 5.95 Å². The average molecular weight is 402 g/mol. The Morgan fingerprint density at radius 1 is 1.28 bits per heavy atom. The zero-order valence-corrected chi connectivity index (χ0v) is 16.8. The highest BCUT2D eigenvalue weighted by Crippen LogP contribution is 2.16. The molecule has 0 aliphatic rings. The molecule has 10 heteroatoms. The van der Waals surface area contributed by atoms with Crippen LogP contribution in [0.2, 0.25) is 0 Å². The van der Waals surface area contributed by atoms with E-state index in [0.717, 1.165) is 6.54 Å². The number of nitrogens with zero attached hydrogens (tertiary/aromatic N) is 4. The van der Waals surface area contributed by atoms with Gasteiger partial charge < -0.3 is 24.6 Å². The van der Waals surface area contributed by atoms with Crippen LogP contribution < -0.4 is 21.3 Å². The molecule has 0 unspecified atom stereocenters. The molecule has 1 aromatic carbocycles. The van der Waals surface area contributed by atoms with Crippen molar-refractivity contribution in [3.05, 3.63) is 51.2 Å². The molecule has 10 nitrogen and oxygen atoms in total. The first-order valence-corrected chi connectivity index (χ1v) is 9.31. The van der Waals surface area contributed by atoms with E-state index in [-0.39, 0.29) is 24.3 Å². The smallest absolute Gasteiger partial charge is 0.329 e. The SMILES string of the molecule is CN(C)CCNc1nc2c(c(=O)[nH]c(=O)n2C)n1C[C@H](O)COc1ccccc1. The van der Waals surface area contributed by atoms with Gasteiger partial charge in [-0.3, -0.25) is 14.3 Å². The number of rotatable bonds is 9. The first-order chi connectivity index (χ1) is 13.9. The van der Waals surface area contributed by atoms with Crippen LogP contribution in [0, 0.1) is 0 Å². The van der Waals surface area contributed by atoms with E-state index in [0.29, 0.717) is 18.2 Å². The van der Waals surface area contributed by atoms with Crippen LogP contribution in [-0.4, -0.2) is 69.0 Å². The Hall–Kier alpha value is -3.11. The monoisotopic (exact) mass is 402 g/mol. The second-order valence-electron chi connectivity index (χ2n) is 7.04. The van der Waals surface area contributed by atoms with Crippen LogP contribution in [-0.2, 0) is 13.6 Å². The predicted molar refractivity (Wildman–Crippen MR) is 111 cm³/mol. The van der Waals surface area contributed by atoms with Gasteiger partial charge in [0.05, 0.1) is 6.54 Å². The summed E-state index contributed by atoms with van der Waals surface area (Å²) in [6.07, 6.45) is -0.890. The predicted octanol–water partition coefficient (Wildman–Crippen LogP) is -0.163. The van der Waals surface area contributed by atoms with Crippen LogP contribution in [0.3, 0.4) is 0 Å². The van der Waals surface area contributed by atoms with E-state index >= 15 is 0 Å². The van der Waals surface area contributed by atoms with E-state index in [9.17, 15) is 14.7 Å². The molecule has 0 spiro atoms. The van der Waals surface area contributed by atoms with Crippen molar-refractivity contribution < 1.29 is 9.84 Å². The molecule has 0 saturated heterocycles. The normalized spacial score (nSPS) is 12.4. The number of aliphatic hydroxyl groups excluding tert-OH is 1. The molecule has 1 atom stereocenters. The number of aromatic nitrogens is 4. The molecule has 0 fully saturated rings. The van der Waals surface area contributed by atoms with Gasteiger partial charge >= 0.3 is 5.69 Å². The van der Waals surface area contributed by atoms with Crippen LogP contribution in [0.1, 0.15) is 0 Å². The number of H-pyrrole nitrogens is 1. The lowest BCUT2D eigenvalue weighted by molar-refractivity contribution is 0.0938. The number of hydrogen-bond donors (Lipinski definition) is 3. The van der Waals surface area contributed by atoms with Gasteiger partial charge in [-0.05, 0) is 26.2 Å². The molecular formula is C19H26N6O4. The molecule has 2 heterocycles. The fourth-order valence-electron chi connectivity index (χ4n) is 2.91. The molecule has 0 bridgehead atoms. The summed E-state index contributed by atoms with van der Waals surface area (Å²) < 4.78 is 8.46. The van der Waals surface area contributed by atoms with E-state index in [2.05, 4.69) is 15.3 Å². The Bertz CT molecular complexity index is 1070. The van der Waals surface area contributed by atoms with Crippen molar-refractivity contribution in [3.63, 3.8) is 0 Å². The molecule has 0 radical (unpaired) electrons. The summed E-state index contributed by atoms with van der Waals surface area (Å²) in [5.41, 5.74) is -0.618. The topological polar surface area (TPSA) is 117 Å². The number of aliphatic hydroxyl groups is 1. The summed E-state index contributed by atoms with van der Waals surface area (Å²) in [4.78, 5) is 33.1. The van der Waals surface area contributed by atoms with Crippen LogP contribution in [0.5, 0.6) is 5.75 Å². The van der Waals surface area contributed by atoms with Crippen molar-refractivity contribution in [2.45, 2.75) is 12.6 Å². The minimum absolute atomic E-state index is 0.0461. The molecular weight excluding hydrogens is 376 g/mol. The molecule has 0 aliphatic heterocycles. The maximum absolute atomic E-state index is 12.5. The van der Waals surface area contributed by atoms with Crippen LogP contribution >= 0.6 is 0 Å². The molecule has 29 heavy (non-hydrogen) atoms. The number of nitrogens with one attached hydrogen (secondary N) is 2. The van der Waals surface area contributed by atoms with E-state index in [1.165, 1.54) is 11.6 Å². The highest BCUT2D eigenvalue weighted by Gasteiger charge is 2.19. The van der Waals surface area contributed by atoms with Crippen molar-refractivity contribution in [2.24, 2.45) is 7.05 Å². The first-order valence-electron chi connectivity index (χ1n) is 9.31. The van der Waals surface area contributed by atoms with Crippen LogP contribution in [0.25, 0.3) is 11.2 Å². The highest BCUT2D eigenvalue weighted by atomic mass is 16.5. The molecule has 156 valence electrons. The lowest BCUT2D eigenvalue weighted by Crippen LogP contribution is -2.31. The summed E-state index contributed by atoms with van der Waals surface area (Å²) >= 11 is 0. The largest absolute Gasteiger partial charge is 0.491 e. The number of anilines is 1. The zero-order chi connectivity index (χ0) is 21.0. The van der Waals surface area contributed by atoms with E-state index in [1.54, 1.807) is 16.7 Å². The van der Waals surface area contributed by atoms with Gasteiger partial charge in [-0.25, -0.2) is 4.79 Å². The average Bonchev–Trinajstić information content (AvgIpc) is 3.04. The molecule has 0 amide bonds.